The van der Waals surface area contributed by atoms with Crippen molar-refractivity contribution in [2.45, 2.75) is 6.92 Å². The molecule has 0 saturated carbocycles. The topological polar surface area (TPSA) is 63.1 Å². The van der Waals surface area contributed by atoms with Crippen LogP contribution in [0.1, 0.15) is 17.4 Å². The summed E-state index contributed by atoms with van der Waals surface area (Å²) in [5, 5.41) is 9.84. The fourth-order valence-electron chi connectivity index (χ4n) is 1.36. The van der Waals surface area contributed by atoms with Crippen molar-refractivity contribution < 1.29 is 9.90 Å². The summed E-state index contributed by atoms with van der Waals surface area (Å²) in [5.41, 5.74) is 0.763. The molecule has 2 aromatic rings. The smallest absolute Gasteiger partial charge is 0.223 e. The molecule has 1 aromatic carbocycles. The number of hydrogen-bond acceptors (Lipinski definition) is 4. The van der Waals surface area contributed by atoms with Crippen LogP contribution < -0.4 is 0 Å². The number of nitrogens with zero attached hydrogens (tertiary/aromatic N) is 2. The predicted octanol–water partition coefficient (Wildman–Crippen LogP) is 2.19. The van der Waals surface area contributed by atoms with E-state index in [1.54, 1.807) is 6.07 Å². The molecule has 0 radical (unpaired) electrons. The van der Waals surface area contributed by atoms with Crippen LogP contribution >= 0.6 is 11.6 Å². The van der Waals surface area contributed by atoms with Gasteiger partial charge in [-0.2, -0.15) is 0 Å². The van der Waals surface area contributed by atoms with E-state index < -0.39 is 0 Å². The van der Waals surface area contributed by atoms with Gasteiger partial charge in [0.05, 0.1) is 5.52 Å². The van der Waals surface area contributed by atoms with E-state index in [9.17, 15) is 9.90 Å². The molecule has 0 spiro atoms. The first-order chi connectivity index (χ1) is 7.08. The van der Waals surface area contributed by atoms with Crippen molar-refractivity contribution in [1.82, 2.24) is 9.97 Å². The molecule has 0 aliphatic rings. The van der Waals surface area contributed by atoms with Gasteiger partial charge in [0.2, 0.25) is 5.28 Å². The number of phenols is 1. The Labute approximate surface area is 90.5 Å². The van der Waals surface area contributed by atoms with Crippen LogP contribution in [0.4, 0.5) is 0 Å². The molecule has 76 valence electrons. The molecule has 1 heterocycles. The Morgan fingerprint density at radius 1 is 1.40 bits per heavy atom. The van der Waals surface area contributed by atoms with Crippen molar-refractivity contribution in [1.29, 1.82) is 0 Å². The molecule has 0 aliphatic carbocycles. The number of hydrogen-bond donors (Lipinski definition) is 1. The number of aromatic nitrogens is 2. The lowest BCUT2D eigenvalue weighted by Crippen LogP contribution is -2.00. The Hall–Kier alpha value is -1.68. The molecule has 1 aromatic heterocycles. The second-order valence-electron chi connectivity index (χ2n) is 3.10. The van der Waals surface area contributed by atoms with Gasteiger partial charge in [0, 0.05) is 12.3 Å². The number of fused-ring (bicyclic) bond motifs is 1. The zero-order valence-electron chi connectivity index (χ0n) is 7.86. The summed E-state index contributed by atoms with van der Waals surface area (Å²) in [4.78, 5) is 19.1. The van der Waals surface area contributed by atoms with Crippen LogP contribution in [-0.2, 0) is 0 Å². The van der Waals surface area contributed by atoms with E-state index in [1.165, 1.54) is 19.1 Å². The summed E-state index contributed by atoms with van der Waals surface area (Å²) in [7, 11) is 0. The van der Waals surface area contributed by atoms with Gasteiger partial charge in [0.25, 0.3) is 0 Å². The number of aromatic hydroxyl groups is 1. The average Bonchev–Trinajstić information content (AvgIpc) is 2.17. The van der Waals surface area contributed by atoms with Crippen LogP contribution in [0.3, 0.4) is 0 Å². The van der Waals surface area contributed by atoms with Crippen LogP contribution in [0.15, 0.2) is 18.2 Å². The summed E-state index contributed by atoms with van der Waals surface area (Å²) in [6.45, 7) is 1.39. The molecule has 0 atom stereocenters. The third-order valence-electron chi connectivity index (χ3n) is 1.99. The minimum absolute atomic E-state index is 0.0263. The maximum absolute atomic E-state index is 11.3. The fraction of sp³-hybridized carbons (Fsp3) is 0.100. The third-order valence-corrected chi connectivity index (χ3v) is 2.15. The van der Waals surface area contributed by atoms with Gasteiger partial charge in [-0.25, -0.2) is 9.97 Å². The molecule has 0 fully saturated rings. The highest BCUT2D eigenvalue weighted by atomic mass is 35.5. The predicted molar refractivity (Wildman–Crippen MR) is 56.2 cm³/mol. The van der Waals surface area contributed by atoms with Crippen LogP contribution in [0.25, 0.3) is 10.9 Å². The molecule has 0 amide bonds. The Bertz CT molecular complexity index is 554. The maximum Gasteiger partial charge on any atom is 0.223 e. The Morgan fingerprint density at radius 2 is 2.13 bits per heavy atom. The number of ketones is 1. The molecular weight excluding hydrogens is 216 g/mol. The average molecular weight is 223 g/mol. The first kappa shape index (κ1) is 9.86. The molecular formula is C10H7ClN2O2. The normalized spacial score (nSPS) is 10.5. The Balaban J connectivity index is 2.87. The van der Waals surface area contributed by atoms with E-state index in [-0.39, 0.29) is 22.5 Å². The number of Topliss-reactive ketones (excluding diaryl/α,β-unsaturated/α-hetero) is 1. The largest absolute Gasteiger partial charge is 0.508 e. The molecule has 15 heavy (non-hydrogen) atoms. The lowest BCUT2D eigenvalue weighted by atomic mass is 10.1. The summed E-state index contributed by atoms with van der Waals surface area (Å²) >= 11 is 5.67. The molecule has 0 saturated heterocycles. The standard InChI is InChI=1S/C10H7ClN2O2/c1-5(14)9-7-4-6(15)2-3-8(7)12-10(11)13-9/h2-4,15H,1H3. The summed E-state index contributed by atoms with van der Waals surface area (Å²) < 4.78 is 0. The van der Waals surface area contributed by atoms with E-state index in [0.717, 1.165) is 0 Å². The quantitative estimate of drug-likeness (QED) is 0.594. The van der Waals surface area contributed by atoms with E-state index in [1.807, 2.05) is 0 Å². The van der Waals surface area contributed by atoms with Gasteiger partial charge in [-0.15, -0.1) is 0 Å². The molecule has 0 bridgehead atoms. The van der Waals surface area contributed by atoms with Gasteiger partial charge in [-0.05, 0) is 29.8 Å². The van der Waals surface area contributed by atoms with Crippen molar-refractivity contribution in [2.75, 3.05) is 0 Å². The van der Waals surface area contributed by atoms with Gasteiger partial charge >= 0.3 is 0 Å². The fourth-order valence-corrected chi connectivity index (χ4v) is 1.53. The minimum atomic E-state index is -0.213. The van der Waals surface area contributed by atoms with E-state index >= 15 is 0 Å². The number of phenolic OH excluding ortho intramolecular Hbond substituents is 1. The van der Waals surface area contributed by atoms with Crippen LogP contribution in [0, 0.1) is 0 Å². The highest BCUT2D eigenvalue weighted by Crippen LogP contribution is 2.22. The van der Waals surface area contributed by atoms with Crippen molar-refractivity contribution >= 4 is 28.3 Å². The maximum atomic E-state index is 11.3. The highest BCUT2D eigenvalue weighted by Gasteiger charge is 2.10. The summed E-state index contributed by atoms with van der Waals surface area (Å²) in [5.74, 6) is -0.147. The number of carbonyl (C=O) groups is 1. The number of benzene rings is 1. The molecule has 2 rings (SSSR count). The number of carbonyl (C=O) groups excluding carboxylic acids is 1. The Morgan fingerprint density at radius 3 is 2.80 bits per heavy atom. The second kappa shape index (κ2) is 3.47. The zero-order chi connectivity index (χ0) is 11.0. The van der Waals surface area contributed by atoms with E-state index in [2.05, 4.69) is 9.97 Å². The second-order valence-corrected chi connectivity index (χ2v) is 3.44. The lowest BCUT2D eigenvalue weighted by molar-refractivity contribution is 0.101. The molecule has 4 nitrogen and oxygen atoms in total. The first-order valence-electron chi connectivity index (χ1n) is 4.25. The minimum Gasteiger partial charge on any atom is -0.508 e. The van der Waals surface area contributed by atoms with Gasteiger partial charge in [0.1, 0.15) is 11.4 Å². The van der Waals surface area contributed by atoms with E-state index in [0.29, 0.717) is 10.9 Å². The lowest BCUT2D eigenvalue weighted by Gasteiger charge is -2.03. The van der Waals surface area contributed by atoms with Crippen LogP contribution in [-0.4, -0.2) is 20.9 Å². The monoisotopic (exact) mass is 222 g/mol. The van der Waals surface area contributed by atoms with Crippen molar-refractivity contribution in [3.63, 3.8) is 0 Å². The summed E-state index contributed by atoms with van der Waals surface area (Å²) in [6.07, 6.45) is 0. The SMILES string of the molecule is CC(=O)c1nc(Cl)nc2ccc(O)cc12. The highest BCUT2D eigenvalue weighted by molar-refractivity contribution is 6.29. The zero-order valence-corrected chi connectivity index (χ0v) is 8.62. The van der Waals surface area contributed by atoms with Gasteiger partial charge in [0.15, 0.2) is 5.78 Å². The molecule has 1 N–H and O–H groups in total. The van der Waals surface area contributed by atoms with Crippen LogP contribution in [0.2, 0.25) is 5.28 Å². The van der Waals surface area contributed by atoms with Gasteiger partial charge in [-0.3, -0.25) is 4.79 Å². The van der Waals surface area contributed by atoms with Crippen molar-refractivity contribution in [2.24, 2.45) is 0 Å². The first-order valence-corrected chi connectivity index (χ1v) is 4.63. The van der Waals surface area contributed by atoms with Crippen LogP contribution in [0.5, 0.6) is 5.75 Å². The van der Waals surface area contributed by atoms with E-state index in [4.69, 9.17) is 11.6 Å². The molecule has 5 heteroatoms. The van der Waals surface area contributed by atoms with Gasteiger partial charge < -0.3 is 5.11 Å². The van der Waals surface area contributed by atoms with Gasteiger partial charge in [-0.1, -0.05) is 0 Å². The number of halogens is 1. The van der Waals surface area contributed by atoms with Crippen molar-refractivity contribution in [3.8, 4) is 5.75 Å². The van der Waals surface area contributed by atoms with Crippen molar-refractivity contribution in [3.05, 3.63) is 29.2 Å². The third kappa shape index (κ3) is 1.76. The molecule has 0 unspecified atom stereocenters. The summed E-state index contributed by atoms with van der Waals surface area (Å²) in [6, 6.07) is 4.52. The molecule has 0 aliphatic heterocycles. The number of rotatable bonds is 1. The Kier molecular flexibility index (Phi) is 2.28.